The first-order valence-corrected chi connectivity index (χ1v) is 7.67. The fourth-order valence-corrected chi connectivity index (χ4v) is 0. The van der Waals surface area contributed by atoms with Crippen LogP contribution in [0.1, 0.15) is 0 Å². The van der Waals surface area contributed by atoms with Crippen LogP contribution in [0.2, 0.25) is 0 Å². The average Bonchev–Trinajstić information content (AvgIpc) is 1.12. The van der Waals surface area contributed by atoms with Gasteiger partial charge in [-0.1, -0.05) is 0 Å². The smallest absolute Gasteiger partial charge is 0 e. The molecule has 0 aromatic heterocycles. The molecule has 0 aromatic rings. The zero-order chi connectivity index (χ0) is 9.00. The molecule has 0 saturated heterocycles. The van der Waals surface area contributed by atoms with E-state index in [0.717, 1.165) is 0 Å². The van der Waals surface area contributed by atoms with Crippen molar-refractivity contribution in [3.8, 4) is 0 Å². The van der Waals surface area contributed by atoms with E-state index < -0.39 is 12.4 Å². The third-order valence-electron chi connectivity index (χ3n) is 0. The summed E-state index contributed by atoms with van der Waals surface area (Å²) in [6.45, 7) is -4.56. The summed E-state index contributed by atoms with van der Waals surface area (Å²) in [5.74, 6) is 0. The molecule has 0 aliphatic carbocycles. The molecule has 0 fully saturated rings. The maximum atomic E-state index is 9.29. The second-order valence-corrected chi connectivity index (χ2v) is 7.60. The number of rotatable bonds is 0. The SMILES string of the molecule is [Mo].[O-]P([O-])(=S)[S-].[O-]P([O-])([O-])=S. The minimum Gasteiger partial charge on any atom is -0.850 e. The molecule has 0 atom stereocenters. The summed E-state index contributed by atoms with van der Waals surface area (Å²) in [4.78, 5) is 45.3. The minimum atomic E-state index is -4.56. The minimum absolute atomic E-state index is 0. The molecule has 0 radical (unpaired) electrons. The third kappa shape index (κ3) is 273. The van der Waals surface area contributed by atoms with Crippen LogP contribution in [-0.4, -0.2) is 0 Å². The molecule has 0 saturated carbocycles. The molecule has 5 nitrogen and oxygen atoms in total. The first-order chi connectivity index (χ1) is 4.00. The molecule has 0 aliphatic heterocycles. The summed E-state index contributed by atoms with van der Waals surface area (Å²) >= 11 is 10.6. The maximum absolute atomic E-state index is 9.29. The fourth-order valence-electron chi connectivity index (χ4n) is 0. The van der Waals surface area contributed by atoms with Crippen molar-refractivity contribution in [2.75, 3.05) is 0 Å². The van der Waals surface area contributed by atoms with Crippen LogP contribution < -0.4 is 24.5 Å². The second-order valence-electron chi connectivity index (χ2n) is 0.894. The number of hydrogen-bond donors (Lipinski definition) is 0. The molecule has 0 heterocycles. The van der Waals surface area contributed by atoms with E-state index in [-0.39, 0.29) is 21.1 Å². The molecule has 11 heteroatoms. The van der Waals surface area contributed by atoms with E-state index in [4.69, 9.17) is 14.7 Å². The van der Waals surface area contributed by atoms with Gasteiger partial charge in [-0.25, -0.2) is 0 Å². The fraction of sp³-hybridized carbons (Fsp3) is 0. The third-order valence-corrected chi connectivity index (χ3v) is 0. The van der Waals surface area contributed by atoms with Gasteiger partial charge in [0.1, 0.15) is 0 Å². The van der Waals surface area contributed by atoms with Crippen LogP contribution in [0, 0.1) is 0 Å². The molecule has 70 valence electrons. The molecule has 0 rings (SSSR count). The van der Waals surface area contributed by atoms with E-state index in [2.05, 4.69) is 35.9 Å². The van der Waals surface area contributed by atoms with Gasteiger partial charge in [0, 0.05) is 21.1 Å². The van der Waals surface area contributed by atoms with Crippen LogP contribution in [0.15, 0.2) is 0 Å². The van der Waals surface area contributed by atoms with Crippen LogP contribution >= 0.6 is 12.4 Å². The Kier molecular flexibility index (Phi) is 12.9. The molecular formula is MoO5P2S3-6. The Morgan fingerprint density at radius 1 is 0.909 bits per heavy atom. The van der Waals surface area contributed by atoms with E-state index in [1.54, 1.807) is 0 Å². The van der Waals surface area contributed by atoms with Crippen molar-refractivity contribution in [2.24, 2.45) is 0 Å². The van der Waals surface area contributed by atoms with Gasteiger partial charge >= 0.3 is 0 Å². The van der Waals surface area contributed by atoms with E-state index in [9.17, 15) is 9.79 Å². The standard InChI is InChI=1S/Mo.H3O3PS.H3O2PS2/c;1-4(2,3)5;1-3(2,4)5/h;(H3,1,2,3,5);(H3,1,2,4,5)/p-6. The molecule has 0 bridgehead atoms. The normalized spacial score (nSPS) is 10.7. The van der Waals surface area contributed by atoms with Gasteiger partial charge in [-0.15, -0.1) is 0 Å². The summed E-state index contributed by atoms with van der Waals surface area (Å²) in [7, 11) is 0. The van der Waals surface area contributed by atoms with Crippen molar-refractivity contribution in [2.45, 2.75) is 0 Å². The van der Waals surface area contributed by atoms with Gasteiger partial charge in [-0.2, -0.15) is 23.6 Å². The molecular weight excluding hydrogens is 334 g/mol. The summed E-state index contributed by atoms with van der Waals surface area (Å²) in [6.07, 6.45) is 0. The Morgan fingerprint density at radius 2 is 0.909 bits per heavy atom. The van der Waals surface area contributed by atoms with E-state index in [1.807, 2.05) is 0 Å². The van der Waals surface area contributed by atoms with Crippen molar-refractivity contribution in [1.29, 1.82) is 0 Å². The van der Waals surface area contributed by atoms with Crippen LogP contribution in [0.5, 0.6) is 0 Å². The topological polar surface area (TPSA) is 115 Å². The summed E-state index contributed by atoms with van der Waals surface area (Å²) < 4.78 is 0. The summed E-state index contributed by atoms with van der Waals surface area (Å²) in [5.41, 5.74) is -3.72. The Hall–Kier alpha value is 2.14. The van der Waals surface area contributed by atoms with Gasteiger partial charge in [0.2, 0.25) is 0 Å². The quantitative estimate of drug-likeness (QED) is 0.249. The van der Waals surface area contributed by atoms with Gasteiger partial charge in [0.25, 0.3) is 0 Å². The van der Waals surface area contributed by atoms with Crippen molar-refractivity contribution >= 4 is 48.3 Å². The van der Waals surface area contributed by atoms with Crippen LogP contribution in [0.4, 0.5) is 0 Å². The Morgan fingerprint density at radius 3 is 0.909 bits per heavy atom. The molecule has 0 spiro atoms. The van der Waals surface area contributed by atoms with E-state index in [0.29, 0.717) is 0 Å². The zero-order valence-electron chi connectivity index (χ0n) is 4.57. The molecule has 0 N–H and O–H groups in total. The first-order valence-electron chi connectivity index (χ1n) is 1.46. The van der Waals surface area contributed by atoms with Crippen LogP contribution in [0.3, 0.4) is 0 Å². The van der Waals surface area contributed by atoms with Crippen LogP contribution in [0.25, 0.3) is 0 Å². The Bertz CT molecular complexity index is 132. The van der Waals surface area contributed by atoms with Gasteiger partial charge in [0.05, 0.1) is 0 Å². The zero-order valence-corrected chi connectivity index (χ0v) is 10.8. The first kappa shape index (κ1) is 18.8. The predicted molar refractivity (Wildman–Crippen MR) is 35.9 cm³/mol. The van der Waals surface area contributed by atoms with Crippen molar-refractivity contribution in [3.63, 3.8) is 0 Å². The maximum Gasteiger partial charge on any atom is 0 e. The van der Waals surface area contributed by atoms with Crippen molar-refractivity contribution < 1.29 is 45.5 Å². The molecule has 11 heavy (non-hydrogen) atoms. The second kappa shape index (κ2) is 7.53. The van der Waals surface area contributed by atoms with Gasteiger partial charge in [0.15, 0.2) is 0 Å². The molecule has 0 amide bonds. The summed E-state index contributed by atoms with van der Waals surface area (Å²) in [6, 6.07) is 0. The molecule has 0 unspecified atom stereocenters. The molecule has 0 aromatic carbocycles. The van der Waals surface area contributed by atoms with Gasteiger partial charge in [-0.05, 0) is 0 Å². The van der Waals surface area contributed by atoms with E-state index >= 15 is 0 Å². The van der Waals surface area contributed by atoms with Crippen LogP contribution in [-0.2, 0) is 56.9 Å². The number of hydrogen-bond acceptors (Lipinski definition) is 8. The van der Waals surface area contributed by atoms with Crippen molar-refractivity contribution in [3.05, 3.63) is 0 Å². The largest absolute Gasteiger partial charge is 0.850 e. The Balaban J connectivity index is -0.000000107. The van der Waals surface area contributed by atoms with Gasteiger partial charge in [-0.3, -0.25) is 0 Å². The van der Waals surface area contributed by atoms with Gasteiger partial charge < -0.3 is 49.1 Å². The molecule has 0 aliphatic rings. The summed E-state index contributed by atoms with van der Waals surface area (Å²) in [5, 5.41) is 0. The Labute approximate surface area is 93.3 Å². The van der Waals surface area contributed by atoms with E-state index in [1.165, 1.54) is 0 Å². The predicted octanol–water partition coefficient (Wildman–Crippen LogP) is -4.23. The van der Waals surface area contributed by atoms with Crippen molar-refractivity contribution in [1.82, 2.24) is 0 Å². The monoisotopic (exact) mass is 336 g/mol. The average molecular weight is 334 g/mol.